The fraction of sp³-hybridized carbons (Fsp3) is 0.0714. The summed E-state index contributed by atoms with van der Waals surface area (Å²) in [6.45, 7) is 0. The lowest BCUT2D eigenvalue weighted by molar-refractivity contribution is 0.0684. The molecule has 3 rings (SSSR count). The Hall–Kier alpha value is -2.14. The predicted octanol–water partition coefficient (Wildman–Crippen LogP) is 2.43. The van der Waals surface area contributed by atoms with Crippen molar-refractivity contribution < 1.29 is 9.59 Å². The second-order valence-electron chi connectivity index (χ2n) is 4.03. The second-order valence-corrected chi connectivity index (χ2v) is 4.99. The van der Waals surface area contributed by atoms with Gasteiger partial charge in [-0.05, 0) is 24.3 Å². The number of benzene rings is 1. The maximum absolute atomic E-state index is 12.1. The van der Waals surface area contributed by atoms with Crippen LogP contribution in [0.25, 0.3) is 0 Å². The Morgan fingerprint density at radius 3 is 2.16 bits per heavy atom. The molecule has 0 spiro atoms. The van der Waals surface area contributed by atoms with Gasteiger partial charge in [0.05, 0.1) is 22.0 Å². The minimum absolute atomic E-state index is 0.232. The normalized spacial score (nSPS) is 13.8. The van der Waals surface area contributed by atoms with Crippen molar-refractivity contribution in [2.24, 2.45) is 0 Å². The Balaban J connectivity index is 1.78. The molecule has 2 amide bonds. The molecule has 2 aromatic rings. The molecule has 0 saturated carbocycles. The van der Waals surface area contributed by atoms with Gasteiger partial charge < -0.3 is 0 Å². The van der Waals surface area contributed by atoms with Crippen molar-refractivity contribution >= 4 is 23.6 Å². The number of hydrogen-bond donors (Lipinski definition) is 0. The Labute approximate surface area is 114 Å². The molecule has 0 unspecified atom stereocenters. The van der Waals surface area contributed by atoms with Gasteiger partial charge in [-0.2, -0.15) is 0 Å². The fourth-order valence-corrected chi connectivity index (χ4v) is 2.73. The number of thioether (sulfide) groups is 1. The third-order valence-electron chi connectivity index (χ3n) is 2.86. The van der Waals surface area contributed by atoms with Gasteiger partial charge in [0.1, 0.15) is 0 Å². The lowest BCUT2D eigenvalue weighted by atomic mass is 10.1. The number of carbonyl (C=O) groups excluding carboxylic acids is 2. The Bertz CT molecular complexity index is 608. The van der Waals surface area contributed by atoms with Crippen molar-refractivity contribution in [2.75, 3.05) is 5.88 Å². The van der Waals surface area contributed by atoms with Crippen LogP contribution in [-0.4, -0.2) is 27.6 Å². The van der Waals surface area contributed by atoms with Gasteiger partial charge in [-0.15, -0.1) is 0 Å². The molecular weight excluding hydrogens is 260 g/mol. The molecule has 0 fully saturated rings. The molecule has 0 N–H and O–H groups in total. The summed E-state index contributed by atoms with van der Waals surface area (Å²) in [5.74, 6) is -0.184. The number of fused-ring (bicyclic) bond motifs is 1. The number of carbonyl (C=O) groups is 2. The molecule has 4 nitrogen and oxygen atoms in total. The van der Waals surface area contributed by atoms with Crippen molar-refractivity contribution in [1.82, 2.24) is 9.88 Å². The first-order chi connectivity index (χ1) is 9.27. The lowest BCUT2D eigenvalue weighted by Crippen LogP contribution is -2.29. The van der Waals surface area contributed by atoms with Crippen LogP contribution in [-0.2, 0) is 0 Å². The number of amides is 2. The molecule has 1 aliphatic heterocycles. The van der Waals surface area contributed by atoms with Gasteiger partial charge in [0.25, 0.3) is 11.8 Å². The Morgan fingerprint density at radius 2 is 1.58 bits per heavy atom. The zero-order chi connectivity index (χ0) is 13.2. The van der Waals surface area contributed by atoms with Crippen LogP contribution in [0.3, 0.4) is 0 Å². The molecule has 1 aliphatic rings. The van der Waals surface area contributed by atoms with Crippen LogP contribution >= 0.6 is 11.8 Å². The first-order valence-electron chi connectivity index (χ1n) is 5.76. The topological polar surface area (TPSA) is 50.3 Å². The van der Waals surface area contributed by atoms with E-state index in [-0.39, 0.29) is 17.7 Å². The predicted molar refractivity (Wildman–Crippen MR) is 71.9 cm³/mol. The average Bonchev–Trinajstić information content (AvgIpc) is 2.71. The minimum Gasteiger partial charge on any atom is -0.269 e. The van der Waals surface area contributed by atoms with E-state index in [1.165, 1.54) is 16.7 Å². The fourth-order valence-electron chi connectivity index (χ4n) is 1.92. The highest BCUT2D eigenvalue weighted by atomic mass is 32.2. The van der Waals surface area contributed by atoms with Gasteiger partial charge in [-0.25, -0.2) is 4.98 Å². The maximum atomic E-state index is 12.1. The van der Waals surface area contributed by atoms with E-state index in [4.69, 9.17) is 0 Å². The van der Waals surface area contributed by atoms with Crippen LogP contribution in [0.15, 0.2) is 53.7 Å². The summed E-state index contributed by atoms with van der Waals surface area (Å²) in [6.07, 6.45) is 1.69. The van der Waals surface area contributed by atoms with Gasteiger partial charge >= 0.3 is 0 Å². The van der Waals surface area contributed by atoms with Crippen LogP contribution in [0.5, 0.6) is 0 Å². The Morgan fingerprint density at radius 1 is 0.947 bits per heavy atom. The zero-order valence-corrected chi connectivity index (χ0v) is 10.8. The Kier molecular flexibility index (Phi) is 3.05. The van der Waals surface area contributed by atoms with Gasteiger partial charge in [0.2, 0.25) is 0 Å². The van der Waals surface area contributed by atoms with Crippen LogP contribution in [0.1, 0.15) is 20.7 Å². The first-order valence-corrected chi connectivity index (χ1v) is 6.75. The quantitative estimate of drug-likeness (QED) is 0.635. The molecule has 1 aromatic heterocycles. The third kappa shape index (κ3) is 2.13. The van der Waals surface area contributed by atoms with E-state index < -0.39 is 0 Å². The lowest BCUT2D eigenvalue weighted by Gasteiger charge is -2.12. The van der Waals surface area contributed by atoms with Crippen molar-refractivity contribution in [3.05, 3.63) is 59.8 Å². The number of nitrogens with zero attached hydrogens (tertiary/aromatic N) is 2. The van der Waals surface area contributed by atoms with Gasteiger partial charge in [0, 0.05) is 6.20 Å². The van der Waals surface area contributed by atoms with Gasteiger partial charge in [0.15, 0.2) is 0 Å². The number of aromatic nitrogens is 1. The van der Waals surface area contributed by atoms with Crippen molar-refractivity contribution in [1.29, 1.82) is 0 Å². The van der Waals surface area contributed by atoms with Crippen molar-refractivity contribution in [3.63, 3.8) is 0 Å². The second kappa shape index (κ2) is 4.85. The number of hydrogen-bond acceptors (Lipinski definition) is 4. The molecule has 0 saturated heterocycles. The highest BCUT2D eigenvalue weighted by Gasteiger charge is 2.34. The van der Waals surface area contributed by atoms with E-state index in [1.54, 1.807) is 30.5 Å². The molecule has 1 aromatic carbocycles. The standard InChI is InChI=1S/C14H10N2O2S/c17-13-10-5-1-2-6-11(10)14(18)16(13)9-19-12-7-3-4-8-15-12/h1-8H,9H2. The highest BCUT2D eigenvalue weighted by molar-refractivity contribution is 7.99. The first kappa shape index (κ1) is 11.9. The van der Waals surface area contributed by atoms with Gasteiger partial charge in [-0.3, -0.25) is 14.5 Å². The average molecular weight is 270 g/mol. The van der Waals surface area contributed by atoms with Crippen molar-refractivity contribution in [3.8, 4) is 0 Å². The molecule has 2 heterocycles. The van der Waals surface area contributed by atoms with E-state index >= 15 is 0 Å². The van der Waals surface area contributed by atoms with E-state index in [0.717, 1.165) is 5.03 Å². The van der Waals surface area contributed by atoms with Crippen LogP contribution in [0.4, 0.5) is 0 Å². The van der Waals surface area contributed by atoms with E-state index in [2.05, 4.69) is 4.98 Å². The summed E-state index contributed by atoms with van der Waals surface area (Å²) in [5.41, 5.74) is 0.961. The zero-order valence-electron chi connectivity index (χ0n) is 9.95. The third-order valence-corrected chi connectivity index (χ3v) is 3.78. The van der Waals surface area contributed by atoms with Gasteiger partial charge in [-0.1, -0.05) is 30.0 Å². The summed E-state index contributed by atoms with van der Waals surface area (Å²) in [5, 5.41) is 0.791. The summed E-state index contributed by atoms with van der Waals surface area (Å²) in [4.78, 5) is 29.6. The summed E-state index contributed by atoms with van der Waals surface area (Å²) < 4.78 is 0. The number of rotatable bonds is 3. The summed E-state index contributed by atoms with van der Waals surface area (Å²) in [6, 6.07) is 12.4. The van der Waals surface area contributed by atoms with E-state index in [1.807, 2.05) is 18.2 Å². The highest BCUT2D eigenvalue weighted by Crippen LogP contribution is 2.26. The molecule has 0 aliphatic carbocycles. The SMILES string of the molecule is O=C1c2ccccc2C(=O)N1CSc1ccccn1. The number of imide groups is 1. The van der Waals surface area contributed by atoms with Crippen LogP contribution in [0, 0.1) is 0 Å². The summed E-state index contributed by atoms with van der Waals surface area (Å²) >= 11 is 1.37. The molecule has 5 heteroatoms. The monoisotopic (exact) mass is 270 g/mol. The maximum Gasteiger partial charge on any atom is 0.262 e. The molecule has 19 heavy (non-hydrogen) atoms. The molecule has 0 atom stereocenters. The van der Waals surface area contributed by atoms with Crippen LogP contribution < -0.4 is 0 Å². The molecule has 94 valence electrons. The molecular formula is C14H10N2O2S. The van der Waals surface area contributed by atoms with Crippen molar-refractivity contribution in [2.45, 2.75) is 5.03 Å². The molecule has 0 bridgehead atoms. The smallest absolute Gasteiger partial charge is 0.262 e. The van der Waals surface area contributed by atoms with Crippen LogP contribution in [0.2, 0.25) is 0 Å². The minimum atomic E-state index is -0.232. The number of pyridine rings is 1. The largest absolute Gasteiger partial charge is 0.269 e. The summed E-state index contributed by atoms with van der Waals surface area (Å²) in [7, 11) is 0. The molecule has 0 radical (unpaired) electrons. The van der Waals surface area contributed by atoms with E-state index in [0.29, 0.717) is 11.1 Å². The van der Waals surface area contributed by atoms with E-state index in [9.17, 15) is 9.59 Å².